The number of alkyl halides is 3. The van der Waals surface area contributed by atoms with Gasteiger partial charge in [0.1, 0.15) is 5.82 Å². The van der Waals surface area contributed by atoms with Gasteiger partial charge in [-0.1, -0.05) is 19.1 Å². The third-order valence-corrected chi connectivity index (χ3v) is 5.96. The summed E-state index contributed by atoms with van der Waals surface area (Å²) >= 11 is 0. The second kappa shape index (κ2) is 8.30. The molecule has 0 bridgehead atoms. The molecular formula is C23H26F3N3O. The summed E-state index contributed by atoms with van der Waals surface area (Å²) in [6.45, 7) is 6.14. The standard InChI is InChI=1S/C23H26F3N3O/c1-14-10-21(27-12-16-6-8-30-9-7-16)18-13-28-22(11-17(14)18)29-20-5-3-4-19(15(20)2)23(24,25)26/h3-5,10-11,13-14,16,27H,6-9,12H2,1-2H3,(H,28,29). The summed E-state index contributed by atoms with van der Waals surface area (Å²) in [5.74, 6) is 1.36. The van der Waals surface area contributed by atoms with Crippen LogP contribution < -0.4 is 10.6 Å². The molecule has 1 aliphatic heterocycles. The van der Waals surface area contributed by atoms with Crippen molar-refractivity contribution in [3.63, 3.8) is 0 Å². The third-order valence-electron chi connectivity index (χ3n) is 5.96. The molecule has 1 aromatic heterocycles. The minimum Gasteiger partial charge on any atom is -0.384 e. The molecule has 2 heterocycles. The number of benzene rings is 1. The van der Waals surface area contributed by atoms with E-state index in [-0.39, 0.29) is 11.5 Å². The first-order valence-corrected chi connectivity index (χ1v) is 10.3. The smallest absolute Gasteiger partial charge is 0.384 e. The van der Waals surface area contributed by atoms with E-state index in [1.54, 1.807) is 12.3 Å². The number of rotatable bonds is 5. The fourth-order valence-corrected chi connectivity index (χ4v) is 4.15. The summed E-state index contributed by atoms with van der Waals surface area (Å²) in [7, 11) is 0. The van der Waals surface area contributed by atoms with Crippen molar-refractivity contribution in [2.45, 2.75) is 38.8 Å². The van der Waals surface area contributed by atoms with Crippen LogP contribution in [0.4, 0.5) is 24.7 Å². The van der Waals surface area contributed by atoms with Crippen molar-refractivity contribution in [3.8, 4) is 0 Å². The molecule has 30 heavy (non-hydrogen) atoms. The molecule has 4 nitrogen and oxygen atoms in total. The van der Waals surface area contributed by atoms with E-state index in [4.69, 9.17) is 4.74 Å². The monoisotopic (exact) mass is 417 g/mol. The van der Waals surface area contributed by atoms with Gasteiger partial charge in [-0.05, 0) is 55.0 Å². The van der Waals surface area contributed by atoms with Crippen molar-refractivity contribution < 1.29 is 17.9 Å². The highest BCUT2D eigenvalue weighted by atomic mass is 19.4. The van der Waals surface area contributed by atoms with Crippen molar-refractivity contribution in [2.24, 2.45) is 5.92 Å². The fraction of sp³-hybridized carbons (Fsp3) is 0.435. The molecule has 0 radical (unpaired) electrons. The van der Waals surface area contributed by atoms with Gasteiger partial charge in [0.25, 0.3) is 0 Å². The first-order chi connectivity index (χ1) is 14.3. The van der Waals surface area contributed by atoms with Gasteiger partial charge in [-0.3, -0.25) is 0 Å². The first-order valence-electron chi connectivity index (χ1n) is 10.3. The van der Waals surface area contributed by atoms with E-state index in [2.05, 4.69) is 28.6 Å². The van der Waals surface area contributed by atoms with Crippen LogP contribution in [0.15, 0.2) is 36.5 Å². The van der Waals surface area contributed by atoms with E-state index in [0.717, 1.165) is 55.5 Å². The van der Waals surface area contributed by atoms with E-state index in [0.29, 0.717) is 17.4 Å². The van der Waals surface area contributed by atoms with Gasteiger partial charge >= 0.3 is 6.18 Å². The Labute approximate surface area is 174 Å². The number of hydrogen-bond acceptors (Lipinski definition) is 4. The highest BCUT2D eigenvalue weighted by Crippen LogP contribution is 2.38. The molecule has 4 rings (SSSR count). The van der Waals surface area contributed by atoms with Gasteiger partial charge in [0.05, 0.1) is 5.56 Å². The maximum absolute atomic E-state index is 13.2. The highest BCUT2D eigenvalue weighted by Gasteiger charge is 2.33. The van der Waals surface area contributed by atoms with Gasteiger partial charge in [-0.15, -0.1) is 0 Å². The van der Waals surface area contributed by atoms with Gasteiger partial charge < -0.3 is 15.4 Å². The minimum absolute atomic E-state index is 0.164. The number of nitrogens with zero attached hydrogens (tertiary/aromatic N) is 1. The summed E-state index contributed by atoms with van der Waals surface area (Å²) in [6, 6.07) is 6.08. The normalized spacial score (nSPS) is 19.4. The zero-order chi connectivity index (χ0) is 21.3. The van der Waals surface area contributed by atoms with Crippen LogP contribution in [-0.2, 0) is 10.9 Å². The Morgan fingerprint density at radius 2 is 1.97 bits per heavy atom. The van der Waals surface area contributed by atoms with E-state index in [1.165, 1.54) is 13.0 Å². The van der Waals surface area contributed by atoms with Gasteiger partial charge in [0.2, 0.25) is 0 Å². The Bertz CT molecular complexity index is 949. The van der Waals surface area contributed by atoms with Gasteiger partial charge in [-0.2, -0.15) is 13.2 Å². The van der Waals surface area contributed by atoms with Crippen LogP contribution in [0.25, 0.3) is 5.70 Å². The molecule has 1 unspecified atom stereocenters. The average Bonchev–Trinajstić information content (AvgIpc) is 3.03. The predicted octanol–water partition coefficient (Wildman–Crippen LogP) is 5.63. The predicted molar refractivity (Wildman–Crippen MR) is 112 cm³/mol. The van der Waals surface area contributed by atoms with Crippen molar-refractivity contribution in [1.82, 2.24) is 10.3 Å². The zero-order valence-corrected chi connectivity index (χ0v) is 17.1. The molecule has 1 saturated heterocycles. The molecule has 1 aliphatic carbocycles. The van der Waals surface area contributed by atoms with Gasteiger partial charge in [0.15, 0.2) is 0 Å². The second-order valence-electron chi connectivity index (χ2n) is 8.06. The van der Waals surface area contributed by atoms with Crippen LogP contribution in [0.5, 0.6) is 0 Å². The molecular weight excluding hydrogens is 391 g/mol. The molecule has 2 aromatic rings. The lowest BCUT2D eigenvalue weighted by Gasteiger charge is -2.23. The number of halogens is 3. The van der Waals surface area contributed by atoms with Crippen LogP contribution in [0.1, 0.15) is 47.9 Å². The van der Waals surface area contributed by atoms with E-state index >= 15 is 0 Å². The largest absolute Gasteiger partial charge is 0.416 e. The molecule has 0 saturated carbocycles. The van der Waals surface area contributed by atoms with Crippen molar-refractivity contribution in [1.29, 1.82) is 0 Å². The number of aromatic nitrogens is 1. The third kappa shape index (κ3) is 4.31. The number of nitrogens with one attached hydrogen (secondary N) is 2. The Balaban J connectivity index is 1.49. The van der Waals surface area contributed by atoms with Gasteiger partial charge in [0, 0.05) is 48.8 Å². The average molecular weight is 417 g/mol. The number of hydrogen-bond donors (Lipinski definition) is 2. The number of anilines is 2. The molecule has 160 valence electrons. The van der Waals surface area contributed by atoms with Crippen LogP contribution in [0, 0.1) is 12.8 Å². The van der Waals surface area contributed by atoms with E-state index in [9.17, 15) is 13.2 Å². The zero-order valence-electron chi connectivity index (χ0n) is 17.1. The lowest BCUT2D eigenvalue weighted by molar-refractivity contribution is -0.138. The summed E-state index contributed by atoms with van der Waals surface area (Å²) in [4.78, 5) is 4.46. The minimum atomic E-state index is -4.38. The van der Waals surface area contributed by atoms with Gasteiger partial charge in [-0.25, -0.2) is 4.98 Å². The van der Waals surface area contributed by atoms with Crippen LogP contribution in [-0.4, -0.2) is 24.7 Å². The molecule has 2 aliphatic rings. The number of allylic oxidation sites excluding steroid dienone is 1. The molecule has 1 fully saturated rings. The van der Waals surface area contributed by atoms with E-state index < -0.39 is 11.7 Å². The second-order valence-corrected chi connectivity index (χ2v) is 8.06. The molecule has 7 heteroatoms. The Hall–Kier alpha value is -2.54. The molecule has 1 atom stereocenters. The molecule has 0 amide bonds. The Morgan fingerprint density at radius 1 is 1.20 bits per heavy atom. The molecule has 2 N–H and O–H groups in total. The van der Waals surface area contributed by atoms with Crippen LogP contribution >= 0.6 is 0 Å². The number of fused-ring (bicyclic) bond motifs is 1. The summed E-state index contributed by atoms with van der Waals surface area (Å²) in [5.41, 5.74) is 3.19. The summed E-state index contributed by atoms with van der Waals surface area (Å²) in [6.07, 6.45) is 1.74. The fourth-order valence-electron chi connectivity index (χ4n) is 4.15. The maximum Gasteiger partial charge on any atom is 0.416 e. The lowest BCUT2D eigenvalue weighted by atomic mass is 10.00. The van der Waals surface area contributed by atoms with Crippen LogP contribution in [0.3, 0.4) is 0 Å². The molecule has 0 spiro atoms. The topological polar surface area (TPSA) is 46.2 Å². The quantitative estimate of drug-likeness (QED) is 0.662. The van der Waals surface area contributed by atoms with Crippen molar-refractivity contribution >= 4 is 17.2 Å². The van der Waals surface area contributed by atoms with E-state index in [1.807, 2.05) is 6.07 Å². The van der Waals surface area contributed by atoms with Crippen molar-refractivity contribution in [3.05, 3.63) is 58.8 Å². The molecule has 1 aromatic carbocycles. The SMILES string of the molecule is Cc1c(Nc2cc3c(cn2)C(NCC2CCOCC2)=CC3C)cccc1C(F)(F)F. The Morgan fingerprint density at radius 3 is 2.70 bits per heavy atom. The van der Waals surface area contributed by atoms with Crippen molar-refractivity contribution in [2.75, 3.05) is 25.1 Å². The maximum atomic E-state index is 13.2. The number of pyridine rings is 1. The van der Waals surface area contributed by atoms with Crippen LogP contribution in [0.2, 0.25) is 0 Å². The summed E-state index contributed by atoms with van der Waals surface area (Å²) < 4.78 is 45.0. The Kier molecular flexibility index (Phi) is 5.73. The lowest BCUT2D eigenvalue weighted by Crippen LogP contribution is -2.26. The first kappa shape index (κ1) is 20.7. The summed E-state index contributed by atoms with van der Waals surface area (Å²) in [5, 5.41) is 6.63. The highest BCUT2D eigenvalue weighted by molar-refractivity contribution is 5.75. The number of ether oxygens (including phenoxy) is 1.